The predicted octanol–water partition coefficient (Wildman–Crippen LogP) is 1.86. The van der Waals surface area contributed by atoms with Crippen molar-refractivity contribution in [3.8, 4) is 12.3 Å². The second-order valence-electron chi connectivity index (χ2n) is 5.50. The molecule has 1 amide bonds. The van der Waals surface area contributed by atoms with Crippen LogP contribution in [0, 0.1) is 12.3 Å². The zero-order chi connectivity index (χ0) is 18.2. The number of aromatic nitrogens is 1. The molecule has 3 rings (SSSR count). The van der Waals surface area contributed by atoms with E-state index in [0.29, 0.717) is 13.1 Å². The van der Waals surface area contributed by atoms with Gasteiger partial charge in [-0.15, -0.1) is 6.42 Å². The molecule has 0 atom stereocenters. The lowest BCUT2D eigenvalue weighted by molar-refractivity contribution is -0.124. The molecule has 0 aliphatic rings. The van der Waals surface area contributed by atoms with Gasteiger partial charge < -0.3 is 19.7 Å². The van der Waals surface area contributed by atoms with Crippen molar-refractivity contribution in [2.75, 3.05) is 26.8 Å². The lowest BCUT2D eigenvalue weighted by Gasteiger charge is -2.10. The van der Waals surface area contributed by atoms with Crippen LogP contribution >= 0.6 is 0 Å². The Bertz CT molecular complexity index is 839. The molecule has 1 heterocycles. The Morgan fingerprint density at radius 1 is 1.04 bits per heavy atom. The SMILES string of the molecule is C#CC(=O)N(C)CCO.OCCn1c2ccccc2c2ccccc21. The van der Waals surface area contributed by atoms with E-state index in [2.05, 4.69) is 41.0 Å². The molecule has 0 saturated heterocycles. The number of amides is 1. The smallest absolute Gasteiger partial charge is 0.298 e. The van der Waals surface area contributed by atoms with Crippen molar-refractivity contribution in [2.24, 2.45) is 0 Å². The number of aliphatic hydroxyl groups excluding tert-OH is 2. The van der Waals surface area contributed by atoms with Crippen LogP contribution < -0.4 is 0 Å². The first-order valence-corrected chi connectivity index (χ1v) is 8.03. The lowest BCUT2D eigenvalue weighted by Crippen LogP contribution is -2.27. The quantitative estimate of drug-likeness (QED) is 0.714. The third-order valence-corrected chi connectivity index (χ3v) is 3.91. The van der Waals surface area contributed by atoms with Crippen molar-refractivity contribution >= 4 is 27.7 Å². The number of terminal acetylenes is 1. The monoisotopic (exact) mass is 338 g/mol. The molecule has 1 aromatic heterocycles. The molecule has 2 aromatic carbocycles. The molecule has 0 unspecified atom stereocenters. The molecule has 130 valence electrons. The van der Waals surface area contributed by atoms with Crippen molar-refractivity contribution in [1.82, 2.24) is 9.47 Å². The minimum Gasteiger partial charge on any atom is -0.395 e. The fourth-order valence-corrected chi connectivity index (χ4v) is 2.71. The van der Waals surface area contributed by atoms with E-state index in [1.54, 1.807) is 7.05 Å². The molecular weight excluding hydrogens is 316 g/mol. The molecule has 0 bridgehead atoms. The summed E-state index contributed by atoms with van der Waals surface area (Å²) in [6, 6.07) is 16.6. The van der Waals surface area contributed by atoms with Crippen molar-refractivity contribution in [3.63, 3.8) is 0 Å². The highest BCUT2D eigenvalue weighted by atomic mass is 16.3. The normalized spacial score (nSPS) is 10.2. The van der Waals surface area contributed by atoms with Gasteiger partial charge in [0.1, 0.15) is 0 Å². The number of carbonyl (C=O) groups excluding carboxylic acids is 1. The van der Waals surface area contributed by atoms with Gasteiger partial charge in [0.25, 0.3) is 5.91 Å². The second kappa shape index (κ2) is 8.88. The first kappa shape index (κ1) is 18.5. The molecule has 0 aliphatic carbocycles. The zero-order valence-corrected chi connectivity index (χ0v) is 14.2. The zero-order valence-electron chi connectivity index (χ0n) is 14.2. The summed E-state index contributed by atoms with van der Waals surface area (Å²) < 4.78 is 2.17. The lowest BCUT2D eigenvalue weighted by atomic mass is 10.2. The summed E-state index contributed by atoms with van der Waals surface area (Å²) in [7, 11) is 1.54. The van der Waals surface area contributed by atoms with Crippen LogP contribution in [0.4, 0.5) is 0 Å². The van der Waals surface area contributed by atoms with Crippen LogP contribution in [0.3, 0.4) is 0 Å². The van der Waals surface area contributed by atoms with Crippen LogP contribution in [-0.2, 0) is 11.3 Å². The first-order valence-electron chi connectivity index (χ1n) is 8.03. The van der Waals surface area contributed by atoms with E-state index >= 15 is 0 Å². The molecule has 5 nitrogen and oxygen atoms in total. The molecule has 0 fully saturated rings. The number of nitrogens with zero attached hydrogens (tertiary/aromatic N) is 2. The number of fused-ring (bicyclic) bond motifs is 3. The van der Waals surface area contributed by atoms with E-state index in [1.807, 2.05) is 18.1 Å². The molecule has 0 radical (unpaired) electrons. The van der Waals surface area contributed by atoms with Crippen LogP contribution in [0.5, 0.6) is 0 Å². The molecule has 25 heavy (non-hydrogen) atoms. The number of benzene rings is 2. The topological polar surface area (TPSA) is 65.7 Å². The van der Waals surface area contributed by atoms with E-state index in [4.69, 9.17) is 16.6 Å². The van der Waals surface area contributed by atoms with E-state index < -0.39 is 5.91 Å². The molecule has 2 N–H and O–H groups in total. The summed E-state index contributed by atoms with van der Waals surface area (Å²) in [4.78, 5) is 11.8. The van der Waals surface area contributed by atoms with Crippen LogP contribution in [0.25, 0.3) is 21.8 Å². The van der Waals surface area contributed by atoms with Crippen LogP contribution in [0.15, 0.2) is 48.5 Å². The van der Waals surface area contributed by atoms with Crippen LogP contribution in [-0.4, -0.2) is 52.4 Å². The number of hydrogen-bond donors (Lipinski definition) is 2. The number of para-hydroxylation sites is 2. The number of likely N-dealkylation sites (N-methyl/N-ethyl adjacent to an activating group) is 1. The number of carbonyl (C=O) groups is 1. The van der Waals surface area contributed by atoms with E-state index in [0.717, 1.165) is 0 Å². The standard InChI is InChI=1S/C14H13NO.C6H9NO2/c16-10-9-15-13-7-3-1-5-11(13)12-6-2-4-8-14(12)15;1-3-6(9)7(2)4-5-8/h1-8,16H,9-10H2;1,8H,4-5H2,2H3. The fraction of sp³-hybridized carbons (Fsp3) is 0.250. The maximum absolute atomic E-state index is 10.5. The number of rotatable bonds is 4. The summed E-state index contributed by atoms with van der Waals surface area (Å²) in [5.41, 5.74) is 2.38. The summed E-state index contributed by atoms with van der Waals surface area (Å²) >= 11 is 0. The van der Waals surface area contributed by atoms with Gasteiger partial charge in [-0.1, -0.05) is 36.4 Å². The van der Waals surface area contributed by atoms with Crippen LogP contribution in [0.1, 0.15) is 0 Å². The summed E-state index contributed by atoms with van der Waals surface area (Å²) in [6.07, 6.45) is 4.78. The van der Waals surface area contributed by atoms with E-state index in [9.17, 15) is 4.79 Å². The van der Waals surface area contributed by atoms with Crippen molar-refractivity contribution in [3.05, 3.63) is 48.5 Å². The van der Waals surface area contributed by atoms with Gasteiger partial charge in [0.05, 0.1) is 13.2 Å². The Labute approximate surface area is 147 Å². The molecule has 3 aromatic rings. The number of aliphatic hydroxyl groups is 2. The highest BCUT2D eigenvalue weighted by Crippen LogP contribution is 2.28. The molecule has 0 saturated carbocycles. The van der Waals surface area contributed by atoms with Crippen molar-refractivity contribution in [1.29, 1.82) is 0 Å². The third-order valence-electron chi connectivity index (χ3n) is 3.91. The summed E-state index contributed by atoms with van der Waals surface area (Å²) in [5, 5.41) is 20.0. The highest BCUT2D eigenvalue weighted by Gasteiger charge is 2.08. The second-order valence-corrected chi connectivity index (χ2v) is 5.50. The minimum atomic E-state index is -0.399. The van der Waals surface area contributed by atoms with Gasteiger partial charge >= 0.3 is 0 Å². The van der Waals surface area contributed by atoms with E-state index in [-0.39, 0.29) is 13.2 Å². The van der Waals surface area contributed by atoms with Gasteiger partial charge in [-0.05, 0) is 18.1 Å². The molecule has 0 spiro atoms. The molecular formula is C20H22N2O3. The Hall–Kier alpha value is -2.81. The van der Waals surface area contributed by atoms with Crippen molar-refractivity contribution < 1.29 is 15.0 Å². The minimum absolute atomic E-state index is 0.0517. The summed E-state index contributed by atoms with van der Waals surface area (Å²) in [6.45, 7) is 1.06. The average Bonchev–Trinajstić information content (AvgIpc) is 2.97. The summed E-state index contributed by atoms with van der Waals surface area (Å²) in [5.74, 6) is 1.53. The highest BCUT2D eigenvalue weighted by molar-refractivity contribution is 6.07. The molecule has 5 heteroatoms. The Balaban J connectivity index is 0.000000217. The average molecular weight is 338 g/mol. The Morgan fingerprint density at radius 3 is 2.00 bits per heavy atom. The predicted molar refractivity (Wildman–Crippen MR) is 100 cm³/mol. The Morgan fingerprint density at radius 2 is 1.56 bits per heavy atom. The third kappa shape index (κ3) is 4.18. The van der Waals surface area contributed by atoms with Gasteiger partial charge in [0.2, 0.25) is 0 Å². The molecule has 0 aliphatic heterocycles. The fourth-order valence-electron chi connectivity index (χ4n) is 2.71. The largest absolute Gasteiger partial charge is 0.395 e. The van der Waals surface area contributed by atoms with Crippen LogP contribution in [0.2, 0.25) is 0 Å². The first-order chi connectivity index (χ1) is 12.1. The maximum Gasteiger partial charge on any atom is 0.298 e. The maximum atomic E-state index is 10.5. The van der Waals surface area contributed by atoms with Gasteiger partial charge in [-0.2, -0.15) is 0 Å². The van der Waals surface area contributed by atoms with Gasteiger partial charge in [-0.3, -0.25) is 4.79 Å². The van der Waals surface area contributed by atoms with Gasteiger partial charge in [-0.25, -0.2) is 0 Å². The van der Waals surface area contributed by atoms with Gasteiger partial charge in [0, 0.05) is 41.9 Å². The van der Waals surface area contributed by atoms with E-state index in [1.165, 1.54) is 26.7 Å². The van der Waals surface area contributed by atoms with Crippen molar-refractivity contribution in [2.45, 2.75) is 6.54 Å². The van der Waals surface area contributed by atoms with Gasteiger partial charge in [0.15, 0.2) is 0 Å². The number of hydrogen-bond acceptors (Lipinski definition) is 3. The Kier molecular flexibility index (Phi) is 6.58.